The molecule has 1 aromatic rings. The van der Waals surface area contributed by atoms with Crippen LogP contribution in [0.1, 0.15) is 18.9 Å². The summed E-state index contributed by atoms with van der Waals surface area (Å²) in [5, 5.41) is 9.90. The molecule has 0 aliphatic heterocycles. The second-order valence-electron chi connectivity index (χ2n) is 4.37. The summed E-state index contributed by atoms with van der Waals surface area (Å²) in [6, 6.07) is 7.35. The number of aliphatic hydroxyl groups is 1. The number of aliphatic hydroxyl groups excluding tert-OH is 1. The molecule has 0 saturated heterocycles. The van der Waals surface area contributed by atoms with Crippen molar-refractivity contribution in [3.05, 3.63) is 39.7 Å². The van der Waals surface area contributed by atoms with Crippen LogP contribution < -0.4 is 4.72 Å². The first kappa shape index (κ1) is 16.4. The lowest BCUT2D eigenvalue weighted by atomic mass is 10.1. The van der Waals surface area contributed by atoms with Crippen molar-refractivity contribution in [1.82, 2.24) is 4.72 Å². The molecular weight excluding hydrogens is 330 g/mol. The molecule has 2 N–H and O–H groups in total. The minimum absolute atomic E-state index is 0.0671. The van der Waals surface area contributed by atoms with Crippen LogP contribution >= 0.6 is 15.9 Å². The third kappa shape index (κ3) is 6.87. The highest BCUT2D eigenvalue weighted by Gasteiger charge is 2.08. The Hall–Kier alpha value is -0.690. The fourth-order valence-corrected chi connectivity index (χ4v) is 2.58. The highest BCUT2D eigenvalue weighted by molar-refractivity contribution is 9.10. The molecule has 4 nitrogen and oxygen atoms in total. The predicted octanol–water partition coefficient (Wildman–Crippen LogP) is 2.36. The average Bonchev–Trinajstić information content (AvgIpc) is 2.36. The van der Waals surface area contributed by atoms with Crippen molar-refractivity contribution >= 4 is 32.0 Å². The Morgan fingerprint density at radius 3 is 2.58 bits per heavy atom. The third-order valence-electron chi connectivity index (χ3n) is 2.56. The molecule has 0 aliphatic rings. The first-order chi connectivity index (χ1) is 8.93. The highest BCUT2D eigenvalue weighted by Crippen LogP contribution is 2.12. The summed E-state index contributed by atoms with van der Waals surface area (Å²) >= 11 is 3.32. The third-order valence-corrected chi connectivity index (χ3v) is 4.16. The molecule has 0 aliphatic carbocycles. The van der Waals surface area contributed by atoms with Crippen LogP contribution in [-0.4, -0.2) is 26.7 Å². The van der Waals surface area contributed by atoms with Crippen LogP contribution in [0.2, 0.25) is 0 Å². The second-order valence-corrected chi connectivity index (χ2v) is 6.93. The number of nitrogens with one attached hydrogen (secondary N) is 1. The number of sulfonamides is 1. The van der Waals surface area contributed by atoms with E-state index in [1.54, 1.807) is 6.08 Å². The monoisotopic (exact) mass is 347 g/mol. The standard InChI is InChI=1S/C13H18BrNO3S/c1-11(6-8-16)10-15-19(17,18)9-7-12-2-4-13(14)5-3-12/h2-5,7,9,11,15-16H,6,8,10H2,1H3/b9-7+. The van der Waals surface area contributed by atoms with Gasteiger partial charge in [-0.2, -0.15) is 0 Å². The van der Waals surface area contributed by atoms with E-state index in [9.17, 15) is 8.42 Å². The van der Waals surface area contributed by atoms with Gasteiger partial charge in [0.15, 0.2) is 0 Å². The Morgan fingerprint density at radius 2 is 2.00 bits per heavy atom. The lowest BCUT2D eigenvalue weighted by Gasteiger charge is -2.09. The van der Waals surface area contributed by atoms with E-state index in [1.807, 2.05) is 31.2 Å². The number of rotatable bonds is 7. The van der Waals surface area contributed by atoms with Gasteiger partial charge in [-0.3, -0.25) is 0 Å². The Bertz CT molecular complexity index is 511. The minimum atomic E-state index is -3.43. The zero-order valence-corrected chi connectivity index (χ0v) is 13.1. The molecule has 106 valence electrons. The molecule has 0 bridgehead atoms. The summed E-state index contributed by atoms with van der Waals surface area (Å²) in [6.45, 7) is 2.28. The zero-order chi connectivity index (χ0) is 14.3. The van der Waals surface area contributed by atoms with E-state index in [4.69, 9.17) is 5.11 Å². The van der Waals surface area contributed by atoms with Crippen LogP contribution in [0.15, 0.2) is 34.1 Å². The Balaban J connectivity index is 2.56. The van der Waals surface area contributed by atoms with Gasteiger partial charge in [0.05, 0.1) is 0 Å². The topological polar surface area (TPSA) is 66.4 Å². The molecule has 1 unspecified atom stereocenters. The van der Waals surface area contributed by atoms with Crippen molar-refractivity contribution in [3.8, 4) is 0 Å². The maximum Gasteiger partial charge on any atom is 0.233 e. The summed E-state index contributed by atoms with van der Waals surface area (Å²) in [7, 11) is -3.43. The van der Waals surface area contributed by atoms with Crippen LogP contribution in [0.4, 0.5) is 0 Å². The van der Waals surface area contributed by atoms with Gasteiger partial charge in [0.25, 0.3) is 0 Å². The van der Waals surface area contributed by atoms with Crippen molar-refractivity contribution in [2.45, 2.75) is 13.3 Å². The van der Waals surface area contributed by atoms with Gasteiger partial charge >= 0.3 is 0 Å². The summed E-state index contributed by atoms with van der Waals surface area (Å²) in [6.07, 6.45) is 2.13. The van der Waals surface area contributed by atoms with Gasteiger partial charge < -0.3 is 5.11 Å². The van der Waals surface area contributed by atoms with Crippen molar-refractivity contribution in [2.75, 3.05) is 13.2 Å². The summed E-state index contributed by atoms with van der Waals surface area (Å²) in [4.78, 5) is 0. The van der Waals surface area contributed by atoms with Crippen LogP contribution in [0.3, 0.4) is 0 Å². The highest BCUT2D eigenvalue weighted by atomic mass is 79.9. The zero-order valence-electron chi connectivity index (χ0n) is 10.7. The smallest absolute Gasteiger partial charge is 0.233 e. The minimum Gasteiger partial charge on any atom is -0.396 e. The van der Waals surface area contributed by atoms with Crippen molar-refractivity contribution in [2.24, 2.45) is 5.92 Å². The van der Waals surface area contributed by atoms with E-state index < -0.39 is 10.0 Å². The summed E-state index contributed by atoms with van der Waals surface area (Å²) in [5.41, 5.74) is 0.817. The van der Waals surface area contributed by atoms with Crippen molar-refractivity contribution < 1.29 is 13.5 Å². The number of hydrogen-bond donors (Lipinski definition) is 2. The fourth-order valence-electron chi connectivity index (χ4n) is 1.37. The molecule has 1 rings (SSSR count). The van der Waals surface area contributed by atoms with Crippen LogP contribution in [-0.2, 0) is 10.0 Å². The molecule has 19 heavy (non-hydrogen) atoms. The molecule has 1 atom stereocenters. The van der Waals surface area contributed by atoms with E-state index in [0.717, 1.165) is 15.4 Å². The normalized spacial score (nSPS) is 13.8. The largest absolute Gasteiger partial charge is 0.396 e. The van der Waals surface area contributed by atoms with Gasteiger partial charge in [0, 0.05) is 23.0 Å². The first-order valence-electron chi connectivity index (χ1n) is 5.97. The fraction of sp³-hybridized carbons (Fsp3) is 0.385. The Labute approximate surface area is 122 Å². The van der Waals surface area contributed by atoms with Gasteiger partial charge in [0.1, 0.15) is 0 Å². The van der Waals surface area contributed by atoms with Gasteiger partial charge in [-0.15, -0.1) is 0 Å². The molecule has 0 saturated carbocycles. The van der Waals surface area contributed by atoms with E-state index in [-0.39, 0.29) is 12.5 Å². The van der Waals surface area contributed by atoms with E-state index >= 15 is 0 Å². The average molecular weight is 348 g/mol. The molecule has 1 aromatic carbocycles. The van der Waals surface area contributed by atoms with Gasteiger partial charge in [-0.1, -0.05) is 35.0 Å². The molecule has 0 radical (unpaired) electrons. The van der Waals surface area contributed by atoms with Crippen LogP contribution in [0, 0.1) is 5.92 Å². The maximum atomic E-state index is 11.7. The van der Waals surface area contributed by atoms with Crippen LogP contribution in [0.25, 0.3) is 6.08 Å². The lowest BCUT2D eigenvalue weighted by molar-refractivity contribution is 0.263. The maximum absolute atomic E-state index is 11.7. The van der Waals surface area contributed by atoms with Crippen molar-refractivity contribution in [3.63, 3.8) is 0 Å². The molecule has 0 aromatic heterocycles. The van der Waals surface area contributed by atoms with E-state index in [2.05, 4.69) is 20.7 Å². The van der Waals surface area contributed by atoms with E-state index in [0.29, 0.717) is 13.0 Å². The van der Waals surface area contributed by atoms with Gasteiger partial charge in [0.2, 0.25) is 10.0 Å². The molecule has 0 spiro atoms. The molecule has 0 amide bonds. The van der Waals surface area contributed by atoms with E-state index in [1.165, 1.54) is 0 Å². The Morgan fingerprint density at radius 1 is 1.37 bits per heavy atom. The molecular formula is C13H18BrNO3S. The quantitative estimate of drug-likeness (QED) is 0.795. The molecule has 6 heteroatoms. The summed E-state index contributed by atoms with van der Waals surface area (Å²) < 4.78 is 26.9. The SMILES string of the molecule is CC(CCO)CNS(=O)(=O)/C=C/c1ccc(Br)cc1. The first-order valence-corrected chi connectivity index (χ1v) is 8.31. The van der Waals surface area contributed by atoms with Crippen molar-refractivity contribution in [1.29, 1.82) is 0 Å². The lowest BCUT2D eigenvalue weighted by Crippen LogP contribution is -2.27. The second kappa shape index (κ2) is 7.79. The number of halogens is 1. The predicted molar refractivity (Wildman–Crippen MR) is 81.0 cm³/mol. The Kier molecular flexibility index (Phi) is 6.71. The molecule has 0 fully saturated rings. The van der Waals surface area contributed by atoms with Crippen LogP contribution in [0.5, 0.6) is 0 Å². The number of benzene rings is 1. The molecule has 0 heterocycles. The van der Waals surface area contributed by atoms with Gasteiger partial charge in [-0.05, 0) is 36.1 Å². The number of hydrogen-bond acceptors (Lipinski definition) is 3. The van der Waals surface area contributed by atoms with Gasteiger partial charge in [-0.25, -0.2) is 13.1 Å². The summed E-state index contributed by atoms with van der Waals surface area (Å²) in [5.74, 6) is 0.112.